The summed E-state index contributed by atoms with van der Waals surface area (Å²) in [5.74, 6) is -0.407. The average molecular weight is 232 g/mol. The van der Waals surface area contributed by atoms with Gasteiger partial charge in [-0.15, -0.1) is 0 Å². The van der Waals surface area contributed by atoms with E-state index in [-0.39, 0.29) is 6.10 Å². The lowest BCUT2D eigenvalue weighted by Crippen LogP contribution is -2.23. The molecule has 1 aromatic rings. The van der Waals surface area contributed by atoms with Gasteiger partial charge in [0.15, 0.2) is 0 Å². The lowest BCUT2D eigenvalue weighted by atomic mass is 10.1. The quantitative estimate of drug-likeness (QED) is 0.871. The Morgan fingerprint density at radius 2 is 2.41 bits per heavy atom. The number of allylic oxidation sites excluding steroid dienone is 1. The molecule has 0 amide bonds. The van der Waals surface area contributed by atoms with Crippen molar-refractivity contribution in [3.63, 3.8) is 0 Å². The largest absolute Gasteiger partial charge is 0.497 e. The molecule has 0 radical (unpaired) electrons. The third-order valence-electron chi connectivity index (χ3n) is 2.64. The van der Waals surface area contributed by atoms with Crippen LogP contribution in [0, 0.1) is 17.1 Å². The van der Waals surface area contributed by atoms with Gasteiger partial charge in [-0.05, 0) is 37.1 Å². The molecule has 0 fully saturated rings. The Balaban J connectivity index is 1.95. The second kappa shape index (κ2) is 5.35. The van der Waals surface area contributed by atoms with E-state index in [2.05, 4.69) is 5.32 Å². The fraction of sp³-hybridized carbons (Fsp3) is 0.308. The smallest absolute Gasteiger partial charge is 0.147 e. The van der Waals surface area contributed by atoms with E-state index in [1.807, 2.05) is 12.1 Å². The Labute approximate surface area is 99.5 Å². The monoisotopic (exact) mass is 232 g/mol. The number of ether oxygens (including phenoxy) is 1. The van der Waals surface area contributed by atoms with Crippen LogP contribution in [0.4, 0.5) is 10.1 Å². The first kappa shape index (κ1) is 11.5. The summed E-state index contributed by atoms with van der Waals surface area (Å²) >= 11 is 0. The fourth-order valence-corrected chi connectivity index (χ4v) is 1.69. The van der Waals surface area contributed by atoms with E-state index in [9.17, 15) is 4.39 Å². The van der Waals surface area contributed by atoms with Crippen LogP contribution in [-0.2, 0) is 4.74 Å². The van der Waals surface area contributed by atoms with Gasteiger partial charge in [-0.25, -0.2) is 4.39 Å². The first-order valence-electron chi connectivity index (χ1n) is 5.53. The number of hydrogen-bond acceptors (Lipinski definition) is 3. The summed E-state index contributed by atoms with van der Waals surface area (Å²) in [6.07, 6.45) is 5.66. The van der Waals surface area contributed by atoms with Gasteiger partial charge in [0, 0.05) is 0 Å². The molecule has 0 saturated carbocycles. The minimum absolute atomic E-state index is 0.0787. The zero-order chi connectivity index (χ0) is 12.1. The van der Waals surface area contributed by atoms with Crippen LogP contribution in [0.3, 0.4) is 0 Å². The van der Waals surface area contributed by atoms with E-state index < -0.39 is 5.82 Å². The molecule has 1 aliphatic rings. The zero-order valence-corrected chi connectivity index (χ0v) is 9.32. The highest BCUT2D eigenvalue weighted by Gasteiger charge is 2.11. The minimum atomic E-state index is -0.407. The van der Waals surface area contributed by atoms with E-state index in [4.69, 9.17) is 10.00 Å². The van der Waals surface area contributed by atoms with E-state index in [1.165, 1.54) is 6.07 Å². The standard InChI is InChI=1S/C13H13FN2O/c14-12-7-10(8-15)4-5-13(12)16-9-11-3-1-2-6-17-11/h2,4-7,11,16H,1,3,9H2/t11-/m1/s1. The van der Waals surface area contributed by atoms with Gasteiger partial charge >= 0.3 is 0 Å². The molecular weight excluding hydrogens is 219 g/mol. The summed E-state index contributed by atoms with van der Waals surface area (Å²) in [6.45, 7) is 0.563. The van der Waals surface area contributed by atoms with Crippen molar-refractivity contribution in [2.24, 2.45) is 0 Å². The van der Waals surface area contributed by atoms with E-state index in [0.29, 0.717) is 17.8 Å². The van der Waals surface area contributed by atoms with Gasteiger partial charge in [-0.3, -0.25) is 0 Å². The number of rotatable bonds is 3. The van der Waals surface area contributed by atoms with Crippen molar-refractivity contribution in [3.8, 4) is 6.07 Å². The third kappa shape index (κ3) is 2.97. The van der Waals surface area contributed by atoms with Crippen molar-refractivity contribution >= 4 is 5.69 Å². The normalized spacial score (nSPS) is 18.2. The van der Waals surface area contributed by atoms with Gasteiger partial charge in [0.05, 0.1) is 30.1 Å². The topological polar surface area (TPSA) is 45.0 Å². The van der Waals surface area contributed by atoms with Crippen molar-refractivity contribution in [2.45, 2.75) is 18.9 Å². The van der Waals surface area contributed by atoms with Crippen LogP contribution >= 0.6 is 0 Å². The molecule has 0 aliphatic carbocycles. The second-order valence-corrected chi connectivity index (χ2v) is 3.89. The number of benzene rings is 1. The maximum atomic E-state index is 13.5. The van der Waals surface area contributed by atoms with Crippen molar-refractivity contribution in [3.05, 3.63) is 41.9 Å². The molecule has 1 aliphatic heterocycles. The highest BCUT2D eigenvalue weighted by atomic mass is 19.1. The summed E-state index contributed by atoms with van der Waals surface area (Å²) < 4.78 is 18.9. The number of halogens is 1. The number of nitrogens with one attached hydrogen (secondary N) is 1. The first-order valence-corrected chi connectivity index (χ1v) is 5.53. The Hall–Kier alpha value is -2.02. The Bertz CT molecular complexity index is 465. The van der Waals surface area contributed by atoms with Crippen LogP contribution in [0.5, 0.6) is 0 Å². The number of hydrogen-bond donors (Lipinski definition) is 1. The molecule has 1 aromatic carbocycles. The SMILES string of the molecule is N#Cc1ccc(NC[C@H]2CCC=CO2)c(F)c1. The molecule has 0 spiro atoms. The molecule has 1 N–H and O–H groups in total. The van der Waals surface area contributed by atoms with Crippen LogP contribution in [0.1, 0.15) is 18.4 Å². The molecule has 1 heterocycles. The van der Waals surface area contributed by atoms with Gasteiger partial charge in [0.2, 0.25) is 0 Å². The molecule has 3 nitrogen and oxygen atoms in total. The van der Waals surface area contributed by atoms with Crippen molar-refractivity contribution in [1.82, 2.24) is 0 Å². The predicted molar refractivity (Wildman–Crippen MR) is 62.9 cm³/mol. The number of nitriles is 1. The van der Waals surface area contributed by atoms with Gasteiger partial charge in [0.1, 0.15) is 11.9 Å². The van der Waals surface area contributed by atoms with Crippen LogP contribution < -0.4 is 5.32 Å². The van der Waals surface area contributed by atoms with Crippen molar-refractivity contribution in [1.29, 1.82) is 5.26 Å². The van der Waals surface area contributed by atoms with Crippen LogP contribution in [-0.4, -0.2) is 12.6 Å². The van der Waals surface area contributed by atoms with Crippen LogP contribution in [0.2, 0.25) is 0 Å². The Morgan fingerprint density at radius 1 is 1.53 bits per heavy atom. The second-order valence-electron chi connectivity index (χ2n) is 3.89. The van der Waals surface area contributed by atoms with Crippen molar-refractivity contribution in [2.75, 3.05) is 11.9 Å². The van der Waals surface area contributed by atoms with Crippen LogP contribution in [0.15, 0.2) is 30.5 Å². The lowest BCUT2D eigenvalue weighted by molar-refractivity contribution is 0.135. The highest BCUT2D eigenvalue weighted by Crippen LogP contribution is 2.17. The van der Waals surface area contributed by atoms with E-state index in [0.717, 1.165) is 12.8 Å². The molecule has 88 valence electrons. The summed E-state index contributed by atoms with van der Waals surface area (Å²) in [6, 6.07) is 6.29. The summed E-state index contributed by atoms with van der Waals surface area (Å²) in [7, 11) is 0. The van der Waals surface area contributed by atoms with Crippen molar-refractivity contribution < 1.29 is 9.13 Å². The molecule has 4 heteroatoms. The minimum Gasteiger partial charge on any atom is -0.497 e. The maximum Gasteiger partial charge on any atom is 0.147 e. The van der Waals surface area contributed by atoms with E-state index >= 15 is 0 Å². The molecular formula is C13H13FN2O. The Kier molecular flexibility index (Phi) is 3.61. The summed E-state index contributed by atoms with van der Waals surface area (Å²) in [5, 5.41) is 11.6. The Morgan fingerprint density at radius 3 is 3.06 bits per heavy atom. The van der Waals surface area contributed by atoms with Gasteiger partial charge in [-0.1, -0.05) is 0 Å². The number of anilines is 1. The maximum absolute atomic E-state index is 13.5. The average Bonchev–Trinajstić information content (AvgIpc) is 2.38. The molecule has 1 atom stereocenters. The molecule has 17 heavy (non-hydrogen) atoms. The highest BCUT2D eigenvalue weighted by molar-refractivity contribution is 5.48. The number of nitrogens with zero attached hydrogens (tertiary/aromatic N) is 1. The van der Waals surface area contributed by atoms with Gasteiger partial charge < -0.3 is 10.1 Å². The molecule has 0 saturated heterocycles. The zero-order valence-electron chi connectivity index (χ0n) is 9.32. The molecule has 0 bridgehead atoms. The predicted octanol–water partition coefficient (Wildman–Crippen LogP) is 2.80. The first-order chi connectivity index (χ1) is 8.29. The molecule has 2 rings (SSSR count). The summed E-state index contributed by atoms with van der Waals surface area (Å²) in [5.41, 5.74) is 0.729. The lowest BCUT2D eigenvalue weighted by Gasteiger charge is -2.20. The third-order valence-corrected chi connectivity index (χ3v) is 2.64. The molecule has 0 aromatic heterocycles. The van der Waals surface area contributed by atoms with Crippen LogP contribution in [0.25, 0.3) is 0 Å². The molecule has 0 unspecified atom stereocenters. The van der Waals surface area contributed by atoms with Gasteiger partial charge in [0.25, 0.3) is 0 Å². The van der Waals surface area contributed by atoms with Gasteiger partial charge in [-0.2, -0.15) is 5.26 Å². The summed E-state index contributed by atoms with van der Waals surface area (Å²) in [4.78, 5) is 0. The van der Waals surface area contributed by atoms with E-state index in [1.54, 1.807) is 18.4 Å². The fourth-order valence-electron chi connectivity index (χ4n) is 1.69.